The molecule has 84 valence electrons. The van der Waals surface area contributed by atoms with Crippen LogP contribution in [0.5, 0.6) is 0 Å². The molecule has 4 heteroatoms. The predicted molar refractivity (Wildman–Crippen MR) is 55.8 cm³/mol. The maximum absolute atomic E-state index is 10.9. The van der Waals surface area contributed by atoms with Gasteiger partial charge in [-0.3, -0.25) is 0 Å². The first-order valence-electron chi connectivity index (χ1n) is 4.65. The van der Waals surface area contributed by atoms with Crippen molar-refractivity contribution in [3.05, 3.63) is 25.3 Å². The molecule has 0 unspecified atom stereocenters. The van der Waals surface area contributed by atoms with E-state index in [1.54, 1.807) is 0 Å². The highest BCUT2D eigenvalue weighted by Gasteiger charge is 2.17. The third-order valence-electron chi connectivity index (χ3n) is 1.49. The number of hydrogen-bond acceptors (Lipinski definition) is 4. The number of esters is 2. The largest absolute Gasteiger partial charge is 0.422 e. The fourth-order valence-corrected chi connectivity index (χ4v) is 0.861. The molecule has 0 aliphatic rings. The Balaban J connectivity index is 4.29. The van der Waals surface area contributed by atoms with E-state index in [4.69, 9.17) is 9.47 Å². The fourth-order valence-electron chi connectivity index (χ4n) is 0.861. The van der Waals surface area contributed by atoms with Crippen LogP contribution in [0.1, 0.15) is 20.3 Å². The van der Waals surface area contributed by atoms with Crippen LogP contribution in [0, 0.1) is 5.92 Å². The van der Waals surface area contributed by atoms with Crippen LogP contribution >= 0.6 is 0 Å². The van der Waals surface area contributed by atoms with Crippen molar-refractivity contribution in [1.82, 2.24) is 0 Å². The number of hydrogen-bond donors (Lipinski definition) is 0. The first-order valence-corrected chi connectivity index (χ1v) is 4.65. The fraction of sp³-hybridized carbons (Fsp3) is 0.455. The van der Waals surface area contributed by atoms with Crippen LogP contribution < -0.4 is 0 Å². The molecule has 0 aliphatic heterocycles. The zero-order valence-corrected chi connectivity index (χ0v) is 9.06. The second-order valence-corrected chi connectivity index (χ2v) is 3.34. The summed E-state index contributed by atoms with van der Waals surface area (Å²) < 4.78 is 9.67. The van der Waals surface area contributed by atoms with E-state index in [0.717, 1.165) is 12.2 Å². The van der Waals surface area contributed by atoms with Crippen molar-refractivity contribution in [3.8, 4) is 0 Å². The molecule has 0 radical (unpaired) electrons. The van der Waals surface area contributed by atoms with Gasteiger partial charge in [-0.25, -0.2) is 9.59 Å². The summed E-state index contributed by atoms with van der Waals surface area (Å²) in [5, 5.41) is 0. The summed E-state index contributed by atoms with van der Waals surface area (Å²) in [4.78, 5) is 21.8. The van der Waals surface area contributed by atoms with E-state index in [-0.39, 0.29) is 5.92 Å². The highest BCUT2D eigenvalue weighted by Crippen LogP contribution is 2.10. The van der Waals surface area contributed by atoms with Crippen LogP contribution in [0.3, 0.4) is 0 Å². The van der Waals surface area contributed by atoms with Gasteiger partial charge >= 0.3 is 11.9 Å². The van der Waals surface area contributed by atoms with Gasteiger partial charge in [-0.1, -0.05) is 27.0 Å². The minimum absolute atomic E-state index is 0.241. The molecule has 0 amide bonds. The first kappa shape index (κ1) is 13.4. The standard InChI is InChI=1S/C11H16O4/c1-5-9(12)14-11(7-8(3)4)15-10(13)6-2/h5-6,8,11H,1-2,7H2,3-4H3. The topological polar surface area (TPSA) is 52.6 Å². The molecule has 0 N–H and O–H groups in total. The highest BCUT2D eigenvalue weighted by atomic mass is 16.7. The average Bonchev–Trinajstić information content (AvgIpc) is 2.16. The number of rotatable bonds is 6. The molecule has 0 aromatic carbocycles. The molecular weight excluding hydrogens is 196 g/mol. The molecule has 0 fully saturated rings. The Kier molecular flexibility index (Phi) is 6.09. The van der Waals surface area contributed by atoms with Crippen molar-refractivity contribution in [2.75, 3.05) is 0 Å². The van der Waals surface area contributed by atoms with Gasteiger partial charge < -0.3 is 9.47 Å². The summed E-state index contributed by atoms with van der Waals surface area (Å²) in [6.07, 6.45) is 1.62. The Labute approximate surface area is 89.6 Å². The molecule has 0 saturated heterocycles. The predicted octanol–water partition coefficient (Wildman–Crippen LogP) is 1.82. The molecule has 0 aliphatic carbocycles. The van der Waals surface area contributed by atoms with Crippen molar-refractivity contribution >= 4 is 11.9 Å². The Bertz CT molecular complexity index is 233. The van der Waals surface area contributed by atoms with E-state index < -0.39 is 18.2 Å². The van der Waals surface area contributed by atoms with E-state index in [0.29, 0.717) is 6.42 Å². The minimum Gasteiger partial charge on any atom is -0.422 e. The lowest BCUT2D eigenvalue weighted by Gasteiger charge is -2.18. The zero-order chi connectivity index (χ0) is 11.8. The van der Waals surface area contributed by atoms with E-state index >= 15 is 0 Å². The molecule has 0 aromatic rings. The van der Waals surface area contributed by atoms with E-state index in [2.05, 4.69) is 13.2 Å². The van der Waals surface area contributed by atoms with Crippen LogP contribution in [0.25, 0.3) is 0 Å². The Hall–Kier alpha value is -1.58. The van der Waals surface area contributed by atoms with E-state index in [9.17, 15) is 9.59 Å². The lowest BCUT2D eigenvalue weighted by Crippen LogP contribution is -2.24. The van der Waals surface area contributed by atoms with E-state index in [1.165, 1.54) is 0 Å². The normalized spacial score (nSPS) is 9.87. The second-order valence-electron chi connectivity index (χ2n) is 3.34. The van der Waals surface area contributed by atoms with Gasteiger partial charge in [0.1, 0.15) is 0 Å². The molecule has 4 nitrogen and oxygen atoms in total. The molecule has 15 heavy (non-hydrogen) atoms. The van der Waals surface area contributed by atoms with Gasteiger partial charge in [-0.15, -0.1) is 0 Å². The Morgan fingerprint density at radius 3 is 1.80 bits per heavy atom. The summed E-state index contributed by atoms with van der Waals surface area (Å²) in [6.45, 7) is 10.4. The molecule has 0 heterocycles. The van der Waals surface area contributed by atoms with Crippen molar-refractivity contribution in [3.63, 3.8) is 0 Å². The maximum atomic E-state index is 10.9. The van der Waals surface area contributed by atoms with Crippen LogP contribution in [-0.2, 0) is 19.1 Å². The lowest BCUT2D eigenvalue weighted by molar-refractivity contribution is -0.183. The van der Waals surface area contributed by atoms with Gasteiger partial charge in [-0.2, -0.15) is 0 Å². The number of carbonyl (C=O) groups is 2. The molecule has 0 saturated carbocycles. The van der Waals surface area contributed by atoms with Crippen LogP contribution in [0.15, 0.2) is 25.3 Å². The number of carbonyl (C=O) groups excluding carboxylic acids is 2. The van der Waals surface area contributed by atoms with Crippen LogP contribution in [0.2, 0.25) is 0 Å². The average molecular weight is 212 g/mol. The smallest absolute Gasteiger partial charge is 0.333 e. The SMILES string of the molecule is C=CC(=O)OC(CC(C)C)OC(=O)C=C. The van der Waals surface area contributed by atoms with Gasteiger partial charge in [0, 0.05) is 18.6 Å². The molecule has 0 bridgehead atoms. The zero-order valence-electron chi connectivity index (χ0n) is 9.06. The first-order chi connectivity index (χ1) is 6.99. The summed E-state index contributed by atoms with van der Waals surface area (Å²) in [7, 11) is 0. The second kappa shape index (κ2) is 6.81. The maximum Gasteiger partial charge on any atom is 0.333 e. The van der Waals surface area contributed by atoms with Gasteiger partial charge in [0.05, 0.1) is 0 Å². The molecule has 0 spiro atoms. The van der Waals surface area contributed by atoms with E-state index in [1.807, 2.05) is 13.8 Å². The third-order valence-corrected chi connectivity index (χ3v) is 1.49. The Morgan fingerprint density at radius 2 is 1.53 bits per heavy atom. The third kappa shape index (κ3) is 6.49. The quantitative estimate of drug-likeness (QED) is 0.383. The van der Waals surface area contributed by atoms with Crippen molar-refractivity contribution < 1.29 is 19.1 Å². The van der Waals surface area contributed by atoms with Gasteiger partial charge in [0.25, 0.3) is 0 Å². The summed E-state index contributed by atoms with van der Waals surface area (Å²) in [6, 6.07) is 0. The van der Waals surface area contributed by atoms with Crippen LogP contribution in [0.4, 0.5) is 0 Å². The monoisotopic (exact) mass is 212 g/mol. The van der Waals surface area contributed by atoms with Gasteiger partial charge in [-0.05, 0) is 5.92 Å². The van der Waals surface area contributed by atoms with Gasteiger partial charge in [0.2, 0.25) is 6.29 Å². The summed E-state index contributed by atoms with van der Waals surface area (Å²) in [5.41, 5.74) is 0. The number of ether oxygens (including phenoxy) is 2. The summed E-state index contributed by atoms with van der Waals surface area (Å²) in [5.74, 6) is -0.986. The molecule has 0 rings (SSSR count). The van der Waals surface area contributed by atoms with Crippen molar-refractivity contribution in [2.24, 2.45) is 5.92 Å². The molecule has 0 atom stereocenters. The van der Waals surface area contributed by atoms with Gasteiger partial charge in [0.15, 0.2) is 0 Å². The Morgan fingerprint density at radius 1 is 1.13 bits per heavy atom. The summed E-state index contributed by atoms with van der Waals surface area (Å²) >= 11 is 0. The molecular formula is C11H16O4. The highest BCUT2D eigenvalue weighted by molar-refractivity contribution is 5.82. The van der Waals surface area contributed by atoms with Crippen LogP contribution in [-0.4, -0.2) is 18.2 Å². The lowest BCUT2D eigenvalue weighted by atomic mass is 10.1. The van der Waals surface area contributed by atoms with Crippen molar-refractivity contribution in [1.29, 1.82) is 0 Å². The van der Waals surface area contributed by atoms with Crippen molar-refractivity contribution in [2.45, 2.75) is 26.6 Å². The minimum atomic E-state index is -0.874. The molecule has 0 aromatic heterocycles.